The zero-order valence-corrected chi connectivity index (χ0v) is 9.32. The van der Waals surface area contributed by atoms with Gasteiger partial charge in [0.15, 0.2) is 6.23 Å². The maximum Gasteiger partial charge on any atom is 0.191 e. The van der Waals surface area contributed by atoms with Crippen molar-refractivity contribution in [2.45, 2.75) is 52.0 Å². The predicted molar refractivity (Wildman–Crippen MR) is 53.9 cm³/mol. The fraction of sp³-hybridized carbons (Fsp3) is 1.00. The van der Waals surface area contributed by atoms with Crippen LogP contribution in [0.5, 0.6) is 0 Å². The van der Waals surface area contributed by atoms with E-state index < -0.39 is 6.23 Å². The van der Waals surface area contributed by atoms with Crippen molar-refractivity contribution in [1.29, 1.82) is 0 Å². The van der Waals surface area contributed by atoms with Crippen molar-refractivity contribution in [1.82, 2.24) is 0 Å². The second kappa shape index (κ2) is 4.36. The molecule has 4 heteroatoms. The number of nitrogens with zero attached hydrogens (tertiary/aromatic N) is 1. The summed E-state index contributed by atoms with van der Waals surface area (Å²) in [6.07, 6.45) is 0.118. The van der Waals surface area contributed by atoms with Crippen LogP contribution in [0.4, 0.5) is 0 Å². The fourth-order valence-electron chi connectivity index (χ4n) is 1.56. The van der Waals surface area contributed by atoms with E-state index in [4.69, 9.17) is 9.47 Å². The molecule has 82 valence electrons. The van der Waals surface area contributed by atoms with Crippen molar-refractivity contribution in [2.24, 2.45) is 11.1 Å². The average Bonchev–Trinajstić information content (AvgIpc) is 2.06. The minimum absolute atomic E-state index is 0.0754. The van der Waals surface area contributed by atoms with Crippen LogP contribution in [0.15, 0.2) is 5.18 Å². The third-order valence-electron chi connectivity index (χ3n) is 2.24. The Bertz CT molecular complexity index is 200. The van der Waals surface area contributed by atoms with Crippen molar-refractivity contribution in [2.75, 3.05) is 6.61 Å². The van der Waals surface area contributed by atoms with Gasteiger partial charge in [0.25, 0.3) is 0 Å². The highest BCUT2D eigenvalue weighted by atomic mass is 16.5. The summed E-state index contributed by atoms with van der Waals surface area (Å²) in [5, 5.41) is 2.91. The van der Waals surface area contributed by atoms with Crippen molar-refractivity contribution in [3.63, 3.8) is 0 Å². The molecule has 0 amide bonds. The van der Waals surface area contributed by atoms with Gasteiger partial charge in [-0.15, -0.1) is 4.91 Å². The molecule has 0 spiro atoms. The lowest BCUT2D eigenvalue weighted by molar-refractivity contribution is -0.147. The van der Waals surface area contributed by atoms with Crippen molar-refractivity contribution in [3.8, 4) is 0 Å². The van der Waals surface area contributed by atoms with E-state index in [1.165, 1.54) is 0 Å². The molecule has 0 aromatic rings. The molecule has 1 fully saturated rings. The molecule has 1 heterocycles. The summed E-state index contributed by atoms with van der Waals surface area (Å²) in [6, 6.07) is 0. The molecule has 0 aliphatic carbocycles. The number of nitroso groups, excluding NO2 is 1. The van der Waals surface area contributed by atoms with Crippen LogP contribution in [0.25, 0.3) is 0 Å². The first-order chi connectivity index (χ1) is 6.42. The Morgan fingerprint density at radius 1 is 1.43 bits per heavy atom. The molecule has 1 saturated heterocycles. The van der Waals surface area contributed by atoms with Crippen molar-refractivity contribution >= 4 is 0 Å². The van der Waals surface area contributed by atoms with Gasteiger partial charge in [0.2, 0.25) is 0 Å². The van der Waals surface area contributed by atoms with Crippen LogP contribution in [-0.4, -0.2) is 24.5 Å². The average molecular weight is 201 g/mol. The Labute approximate surface area is 84.9 Å². The fourth-order valence-corrected chi connectivity index (χ4v) is 1.56. The lowest BCUT2D eigenvalue weighted by atomic mass is 9.98. The molecule has 3 atom stereocenters. The second-order valence-corrected chi connectivity index (χ2v) is 4.88. The van der Waals surface area contributed by atoms with Crippen LogP contribution in [0.2, 0.25) is 0 Å². The van der Waals surface area contributed by atoms with E-state index in [1.54, 1.807) is 0 Å². The van der Waals surface area contributed by atoms with E-state index in [-0.39, 0.29) is 11.7 Å². The van der Waals surface area contributed by atoms with Crippen LogP contribution in [-0.2, 0) is 9.47 Å². The number of ether oxygens (including phenoxy) is 2. The smallest absolute Gasteiger partial charge is 0.191 e. The Balaban J connectivity index is 2.52. The molecule has 3 unspecified atom stereocenters. The van der Waals surface area contributed by atoms with E-state index in [2.05, 4.69) is 12.1 Å². The molecule has 0 bridgehead atoms. The van der Waals surface area contributed by atoms with Crippen molar-refractivity contribution < 1.29 is 9.47 Å². The summed E-state index contributed by atoms with van der Waals surface area (Å²) in [4.78, 5) is 10.3. The SMILES string of the molecule is CC1COC(N=O)CC1OC(C)(C)C. The highest BCUT2D eigenvalue weighted by molar-refractivity contribution is 4.78. The Morgan fingerprint density at radius 3 is 2.57 bits per heavy atom. The van der Waals surface area contributed by atoms with Crippen molar-refractivity contribution in [3.05, 3.63) is 4.91 Å². The lowest BCUT2D eigenvalue weighted by Crippen LogP contribution is -2.40. The van der Waals surface area contributed by atoms with E-state index in [0.29, 0.717) is 18.9 Å². The van der Waals surface area contributed by atoms with Gasteiger partial charge in [0, 0.05) is 12.3 Å². The zero-order valence-electron chi connectivity index (χ0n) is 9.32. The van der Waals surface area contributed by atoms with E-state index in [1.807, 2.05) is 20.8 Å². The molecule has 14 heavy (non-hydrogen) atoms. The highest BCUT2D eigenvalue weighted by Crippen LogP contribution is 2.26. The van der Waals surface area contributed by atoms with Crippen LogP contribution in [0, 0.1) is 10.8 Å². The van der Waals surface area contributed by atoms with Gasteiger partial charge in [-0.05, 0) is 25.9 Å². The van der Waals surface area contributed by atoms with Gasteiger partial charge in [0.1, 0.15) is 0 Å². The molecule has 4 nitrogen and oxygen atoms in total. The third-order valence-corrected chi connectivity index (χ3v) is 2.24. The van der Waals surface area contributed by atoms with E-state index in [9.17, 15) is 4.91 Å². The van der Waals surface area contributed by atoms with E-state index in [0.717, 1.165) is 0 Å². The normalized spacial score (nSPS) is 34.1. The second-order valence-electron chi connectivity index (χ2n) is 4.88. The summed E-state index contributed by atoms with van der Waals surface area (Å²) in [7, 11) is 0. The highest BCUT2D eigenvalue weighted by Gasteiger charge is 2.32. The summed E-state index contributed by atoms with van der Waals surface area (Å²) in [6.45, 7) is 8.66. The molecule has 0 N–H and O–H groups in total. The minimum atomic E-state index is -0.529. The molecular formula is C10H19NO3. The first-order valence-electron chi connectivity index (χ1n) is 5.04. The van der Waals surface area contributed by atoms with Gasteiger partial charge < -0.3 is 9.47 Å². The summed E-state index contributed by atoms with van der Waals surface area (Å²) < 4.78 is 11.1. The molecule has 1 rings (SSSR count). The predicted octanol–water partition coefficient (Wildman–Crippen LogP) is 2.32. The summed E-state index contributed by atoms with van der Waals surface area (Å²) in [5.41, 5.74) is -0.177. The van der Waals surface area contributed by atoms with Crippen LogP contribution in [0.3, 0.4) is 0 Å². The third kappa shape index (κ3) is 3.35. The van der Waals surface area contributed by atoms with Crippen LogP contribution >= 0.6 is 0 Å². The summed E-state index contributed by atoms with van der Waals surface area (Å²) in [5.74, 6) is 0.326. The largest absolute Gasteiger partial charge is 0.372 e. The molecular weight excluding hydrogens is 182 g/mol. The maximum absolute atomic E-state index is 10.3. The Morgan fingerprint density at radius 2 is 2.07 bits per heavy atom. The van der Waals surface area contributed by atoms with Gasteiger partial charge >= 0.3 is 0 Å². The first-order valence-corrected chi connectivity index (χ1v) is 5.04. The van der Waals surface area contributed by atoms with E-state index >= 15 is 0 Å². The Hall–Kier alpha value is -0.480. The molecule has 1 aliphatic rings. The lowest BCUT2D eigenvalue weighted by Gasteiger charge is -2.35. The van der Waals surface area contributed by atoms with Gasteiger partial charge in [0.05, 0.1) is 18.3 Å². The topological polar surface area (TPSA) is 47.9 Å². The zero-order chi connectivity index (χ0) is 10.8. The van der Waals surface area contributed by atoms with Gasteiger partial charge in [-0.3, -0.25) is 0 Å². The molecule has 0 aromatic carbocycles. The molecule has 0 saturated carbocycles. The van der Waals surface area contributed by atoms with Gasteiger partial charge in [-0.25, -0.2) is 0 Å². The standard InChI is InChI=1S/C10H19NO3/c1-7-6-13-9(11-12)5-8(7)14-10(2,3)4/h7-9H,5-6H2,1-4H3. The monoisotopic (exact) mass is 201 g/mol. The number of hydrogen-bond acceptors (Lipinski definition) is 4. The first kappa shape index (κ1) is 11.6. The maximum atomic E-state index is 10.3. The number of hydrogen-bond donors (Lipinski definition) is 0. The van der Waals surface area contributed by atoms with Crippen LogP contribution in [0.1, 0.15) is 34.1 Å². The van der Waals surface area contributed by atoms with Crippen LogP contribution < -0.4 is 0 Å². The quantitative estimate of drug-likeness (QED) is 0.644. The number of rotatable bonds is 2. The molecule has 0 radical (unpaired) electrons. The Kier molecular flexibility index (Phi) is 3.61. The van der Waals surface area contributed by atoms with Gasteiger partial charge in [-0.2, -0.15) is 0 Å². The molecule has 0 aromatic heterocycles. The minimum Gasteiger partial charge on any atom is -0.372 e. The molecule has 1 aliphatic heterocycles. The summed E-state index contributed by atoms with van der Waals surface area (Å²) >= 11 is 0. The van der Waals surface area contributed by atoms with Gasteiger partial charge in [-0.1, -0.05) is 6.92 Å².